The lowest BCUT2D eigenvalue weighted by Crippen LogP contribution is -1.99. The maximum atomic E-state index is 5.39. The van der Waals surface area contributed by atoms with Crippen molar-refractivity contribution in [1.82, 2.24) is 4.98 Å². The number of nitrogens with zero attached hydrogens (tertiary/aromatic N) is 1. The van der Waals surface area contributed by atoms with E-state index in [2.05, 4.69) is 11.1 Å². The highest BCUT2D eigenvalue weighted by molar-refractivity contribution is 5.07. The van der Waals surface area contributed by atoms with Crippen LogP contribution >= 0.6 is 0 Å². The molecule has 1 radical (unpaired) electrons. The number of hydrogen-bond acceptors (Lipinski definition) is 2. The van der Waals surface area contributed by atoms with Gasteiger partial charge in [-0.25, -0.2) is 4.98 Å². The molecule has 2 rings (SSSR count). The Morgan fingerprint density at radius 1 is 1.64 bits per heavy atom. The van der Waals surface area contributed by atoms with Gasteiger partial charge in [0.2, 0.25) is 5.88 Å². The Labute approximate surface area is 66.2 Å². The van der Waals surface area contributed by atoms with E-state index in [-0.39, 0.29) is 0 Å². The Morgan fingerprint density at radius 3 is 3.18 bits per heavy atom. The molecule has 0 N–H and O–H groups in total. The summed E-state index contributed by atoms with van der Waals surface area (Å²) in [4.78, 5) is 4.03. The van der Waals surface area contributed by atoms with Crippen LogP contribution in [0.4, 0.5) is 0 Å². The van der Waals surface area contributed by atoms with Crippen molar-refractivity contribution in [3.05, 3.63) is 24.4 Å². The minimum absolute atomic E-state index is 0.694. The predicted molar refractivity (Wildman–Crippen MR) is 41.3 cm³/mol. The SMILES string of the molecule is [c]1ccnc(OCC2CC2)c1. The highest BCUT2D eigenvalue weighted by Crippen LogP contribution is 2.28. The third-order valence-electron chi connectivity index (χ3n) is 1.74. The standard InChI is InChI=1S/C9H10NO/c1-2-6-10-9(3-1)11-7-8-4-5-8/h2-3,6,8H,4-5,7H2. The van der Waals surface area contributed by atoms with Crippen LogP contribution in [0.1, 0.15) is 12.8 Å². The minimum Gasteiger partial charge on any atom is -0.477 e. The van der Waals surface area contributed by atoms with Gasteiger partial charge in [0.1, 0.15) is 0 Å². The first-order valence-electron chi connectivity index (χ1n) is 3.90. The van der Waals surface area contributed by atoms with Gasteiger partial charge in [0.25, 0.3) is 0 Å². The number of pyridine rings is 1. The second kappa shape index (κ2) is 2.91. The fourth-order valence-corrected chi connectivity index (χ4v) is 0.877. The van der Waals surface area contributed by atoms with Crippen LogP contribution in [0, 0.1) is 12.0 Å². The molecule has 57 valence electrons. The van der Waals surface area contributed by atoms with Crippen molar-refractivity contribution in [3.63, 3.8) is 0 Å². The van der Waals surface area contributed by atoms with Crippen LogP contribution in [0.15, 0.2) is 18.3 Å². The Bertz CT molecular complexity index is 218. The summed E-state index contributed by atoms with van der Waals surface area (Å²) in [6, 6.07) is 6.45. The monoisotopic (exact) mass is 148 g/mol. The number of rotatable bonds is 3. The summed E-state index contributed by atoms with van der Waals surface area (Å²) in [6.07, 6.45) is 4.33. The lowest BCUT2D eigenvalue weighted by atomic mass is 10.4. The zero-order valence-corrected chi connectivity index (χ0v) is 6.29. The fraction of sp³-hybridized carbons (Fsp3) is 0.444. The van der Waals surface area contributed by atoms with Gasteiger partial charge in [-0.05, 0) is 30.9 Å². The first kappa shape index (κ1) is 6.65. The van der Waals surface area contributed by atoms with E-state index in [4.69, 9.17) is 4.74 Å². The molecule has 1 heterocycles. The second-order valence-corrected chi connectivity index (χ2v) is 2.85. The van der Waals surface area contributed by atoms with Gasteiger partial charge in [0.15, 0.2) is 0 Å². The highest BCUT2D eigenvalue weighted by Gasteiger charge is 2.21. The van der Waals surface area contributed by atoms with E-state index in [1.54, 1.807) is 18.3 Å². The summed E-state index contributed by atoms with van der Waals surface area (Å²) in [6.45, 7) is 0.824. The quantitative estimate of drug-likeness (QED) is 0.650. The summed E-state index contributed by atoms with van der Waals surface area (Å²) in [5.41, 5.74) is 0. The smallest absolute Gasteiger partial charge is 0.213 e. The molecule has 1 aromatic heterocycles. The molecule has 1 saturated carbocycles. The molecular formula is C9H10NO. The third-order valence-corrected chi connectivity index (χ3v) is 1.74. The molecule has 0 saturated heterocycles. The van der Waals surface area contributed by atoms with Crippen molar-refractivity contribution in [2.75, 3.05) is 6.61 Å². The molecule has 0 amide bonds. The van der Waals surface area contributed by atoms with Gasteiger partial charge in [0.05, 0.1) is 6.61 Å². The molecule has 1 fully saturated rings. The van der Waals surface area contributed by atoms with Crippen LogP contribution in [0.5, 0.6) is 5.88 Å². The van der Waals surface area contributed by atoms with Gasteiger partial charge in [-0.3, -0.25) is 0 Å². The molecule has 1 aromatic rings. The van der Waals surface area contributed by atoms with Gasteiger partial charge >= 0.3 is 0 Å². The summed E-state index contributed by atoms with van der Waals surface area (Å²) in [5.74, 6) is 1.48. The molecule has 11 heavy (non-hydrogen) atoms. The van der Waals surface area contributed by atoms with Crippen LogP contribution in [0.2, 0.25) is 0 Å². The van der Waals surface area contributed by atoms with E-state index in [1.807, 2.05) is 0 Å². The van der Waals surface area contributed by atoms with Crippen molar-refractivity contribution in [2.24, 2.45) is 5.92 Å². The predicted octanol–water partition coefficient (Wildman–Crippen LogP) is 1.67. The van der Waals surface area contributed by atoms with E-state index in [1.165, 1.54) is 12.8 Å². The van der Waals surface area contributed by atoms with E-state index in [9.17, 15) is 0 Å². The first-order chi connectivity index (χ1) is 5.45. The largest absolute Gasteiger partial charge is 0.477 e. The molecule has 0 unspecified atom stereocenters. The van der Waals surface area contributed by atoms with Gasteiger partial charge in [-0.1, -0.05) is 0 Å². The van der Waals surface area contributed by atoms with Crippen molar-refractivity contribution in [1.29, 1.82) is 0 Å². The molecule has 2 heteroatoms. The maximum Gasteiger partial charge on any atom is 0.213 e. The number of aromatic nitrogens is 1. The average molecular weight is 148 g/mol. The van der Waals surface area contributed by atoms with Crippen molar-refractivity contribution < 1.29 is 4.74 Å². The first-order valence-corrected chi connectivity index (χ1v) is 3.90. The minimum atomic E-state index is 0.694. The lowest BCUT2D eigenvalue weighted by Gasteiger charge is -2.01. The maximum absolute atomic E-state index is 5.39. The van der Waals surface area contributed by atoms with Crippen LogP contribution in [-0.4, -0.2) is 11.6 Å². The topological polar surface area (TPSA) is 22.1 Å². The van der Waals surface area contributed by atoms with Crippen LogP contribution in [-0.2, 0) is 0 Å². The molecule has 0 aromatic carbocycles. The summed E-state index contributed by atoms with van der Waals surface area (Å²) in [7, 11) is 0. The fourth-order valence-electron chi connectivity index (χ4n) is 0.877. The summed E-state index contributed by atoms with van der Waals surface area (Å²) < 4.78 is 5.39. The van der Waals surface area contributed by atoms with Gasteiger partial charge in [0, 0.05) is 12.3 Å². The second-order valence-electron chi connectivity index (χ2n) is 2.85. The average Bonchev–Trinajstić information content (AvgIpc) is 2.86. The molecule has 0 aliphatic heterocycles. The zero-order chi connectivity index (χ0) is 7.52. The van der Waals surface area contributed by atoms with Crippen LogP contribution in [0.3, 0.4) is 0 Å². The summed E-state index contributed by atoms with van der Waals surface area (Å²) in [5, 5.41) is 0. The van der Waals surface area contributed by atoms with Gasteiger partial charge < -0.3 is 4.74 Å². The summed E-state index contributed by atoms with van der Waals surface area (Å²) >= 11 is 0. The van der Waals surface area contributed by atoms with Gasteiger partial charge in [-0.2, -0.15) is 0 Å². The molecule has 1 aliphatic rings. The third kappa shape index (κ3) is 1.93. The van der Waals surface area contributed by atoms with E-state index < -0.39 is 0 Å². The van der Waals surface area contributed by atoms with E-state index in [0.29, 0.717) is 5.88 Å². The molecular weight excluding hydrogens is 138 g/mol. The van der Waals surface area contributed by atoms with Crippen LogP contribution in [0.25, 0.3) is 0 Å². The number of ether oxygens (including phenoxy) is 1. The molecule has 0 spiro atoms. The normalized spacial score (nSPS) is 16.4. The van der Waals surface area contributed by atoms with Gasteiger partial charge in [-0.15, -0.1) is 0 Å². The molecule has 2 nitrogen and oxygen atoms in total. The van der Waals surface area contributed by atoms with E-state index in [0.717, 1.165) is 12.5 Å². The Kier molecular flexibility index (Phi) is 1.76. The zero-order valence-electron chi connectivity index (χ0n) is 6.29. The Balaban J connectivity index is 1.85. The molecule has 0 bridgehead atoms. The van der Waals surface area contributed by atoms with Crippen molar-refractivity contribution >= 4 is 0 Å². The highest BCUT2D eigenvalue weighted by atomic mass is 16.5. The Morgan fingerprint density at radius 2 is 2.55 bits per heavy atom. The van der Waals surface area contributed by atoms with Crippen molar-refractivity contribution in [3.8, 4) is 5.88 Å². The number of hydrogen-bond donors (Lipinski definition) is 0. The lowest BCUT2D eigenvalue weighted by molar-refractivity contribution is 0.288. The van der Waals surface area contributed by atoms with E-state index >= 15 is 0 Å². The Hall–Kier alpha value is -1.05. The van der Waals surface area contributed by atoms with Crippen molar-refractivity contribution in [2.45, 2.75) is 12.8 Å². The van der Waals surface area contributed by atoms with Crippen LogP contribution < -0.4 is 4.74 Å². The molecule has 0 atom stereocenters. The molecule has 1 aliphatic carbocycles.